The SMILES string of the molecule is CCCCO[C@@H]1[C@H](P(=O)([O-])OC[C@H]2O[C@@H](n3cnc4c(=O)[nH]c(N)nc43)[C@H](O)[C@@H]2O)[C@@H](COP(=O)(O)OP(=O)(O)OP(=O)(O)OC[C@H]2OC([n+]3cn(C)c4c(=O)[nH]c(N)nc43)[C@H](O)[C@@H]2CC(=O)N(C)C)O[C@H]1n1cnc2c(N)ncnc21. The number of amides is 1. The van der Waals surface area contributed by atoms with Gasteiger partial charge in [0.2, 0.25) is 23.6 Å². The van der Waals surface area contributed by atoms with Gasteiger partial charge < -0.3 is 85.0 Å². The summed E-state index contributed by atoms with van der Waals surface area (Å²) in [4.78, 5) is 115. The van der Waals surface area contributed by atoms with Crippen molar-refractivity contribution in [1.82, 2.24) is 58.5 Å². The number of phosphoric ester groups is 2. The minimum Gasteiger partial charge on any atom is -0.778 e. The molecule has 39 nitrogen and oxygen atoms in total. The summed E-state index contributed by atoms with van der Waals surface area (Å²) < 4.78 is 108. The highest BCUT2D eigenvalue weighted by molar-refractivity contribution is 7.66. The molecule has 0 radical (unpaired) electrons. The molecule has 43 heteroatoms. The summed E-state index contributed by atoms with van der Waals surface area (Å²) in [5.41, 5.74) is 13.5. The van der Waals surface area contributed by atoms with E-state index in [2.05, 4.69) is 48.5 Å². The molecule has 9 heterocycles. The molecule has 0 spiro atoms. The molecule has 0 aromatic carbocycles. The average molecular weight is 1240 g/mol. The van der Waals surface area contributed by atoms with Crippen molar-refractivity contribution in [2.45, 2.75) is 93.3 Å². The molecule has 3 fully saturated rings. The zero-order valence-corrected chi connectivity index (χ0v) is 46.8. The fraction of sp³-hybridized carbons (Fsp3) is 0.590. The van der Waals surface area contributed by atoms with E-state index in [1.54, 1.807) is 6.92 Å². The normalized spacial score (nSPS) is 28.8. The first-order chi connectivity index (χ1) is 38.5. The summed E-state index contributed by atoms with van der Waals surface area (Å²) in [7, 11) is -19.6. The van der Waals surface area contributed by atoms with Crippen LogP contribution in [-0.4, -0.2) is 183 Å². The van der Waals surface area contributed by atoms with Crippen LogP contribution in [0.2, 0.25) is 0 Å². The molecule has 0 bridgehead atoms. The summed E-state index contributed by atoms with van der Waals surface area (Å²) in [6, 6.07) is 0. The lowest BCUT2D eigenvalue weighted by Crippen LogP contribution is -2.45. The van der Waals surface area contributed by atoms with Crippen LogP contribution in [0.4, 0.5) is 17.7 Å². The minimum absolute atomic E-state index is 0.00995. The van der Waals surface area contributed by atoms with Crippen LogP contribution < -0.4 is 37.8 Å². The lowest BCUT2D eigenvalue weighted by atomic mass is 9.94. The van der Waals surface area contributed by atoms with Crippen molar-refractivity contribution in [3.8, 4) is 0 Å². The van der Waals surface area contributed by atoms with Crippen molar-refractivity contribution in [2.75, 3.05) is 57.7 Å². The molecule has 5 unspecified atom stereocenters. The van der Waals surface area contributed by atoms with Gasteiger partial charge in [0, 0.05) is 33.0 Å². The third-order valence-corrected chi connectivity index (χ3v) is 19.5. The number of aliphatic hydroxyl groups excluding tert-OH is 3. The standard InChI is InChI=1S/C39H56N16O23P4/c1-5-6-7-70-27-28(79(62,63)71-10-18-25(58)26(59)36(75-18)54-14-46-22-31(54)47-38(41)49-33(22)60)19(76-37(27)53-13-45-21-29(40)43-12-44-30(21)53)11-73-81(66,67)78-82(68,69)77-80(64,65)72-9-17-16(8-20(56)51(2)3)24(57)35(74-17)55-15-52(4)23-32(55)48-39(42)50-34(23)61/h12-19,24-28,35-37,57-59H,5-11H2,1-4H3,(H11-,40,41,42,43,44,47,48,49,50,60,61,62,63,64,65,66,67,68,69)/t16-,17-,18-,19-,24-,25-,26-,27-,28-,35?,36-,37-/m1/s1. The molecular formula is C39H56N16O23P4. The highest BCUT2D eigenvalue weighted by Crippen LogP contribution is 2.68. The number of nitrogens with one attached hydrogen (secondary N) is 2. The highest BCUT2D eigenvalue weighted by Gasteiger charge is 2.55. The molecule has 6 aromatic heterocycles. The number of hydrogen-bond acceptors (Lipinski definition) is 29. The zero-order chi connectivity index (χ0) is 59.5. The zero-order valence-electron chi connectivity index (χ0n) is 43.3. The Labute approximate surface area is 459 Å². The van der Waals surface area contributed by atoms with Gasteiger partial charge in [0.05, 0.1) is 57.4 Å². The number of aliphatic hydroxyl groups is 3. The van der Waals surface area contributed by atoms with Gasteiger partial charge in [0.1, 0.15) is 50.0 Å². The number of H-pyrrole nitrogens is 2. The molecule has 3 aliphatic rings. The number of aromatic amines is 2. The van der Waals surface area contributed by atoms with Crippen molar-refractivity contribution >= 4 is 88.2 Å². The van der Waals surface area contributed by atoms with Gasteiger partial charge in [-0.2, -0.15) is 13.6 Å². The predicted molar refractivity (Wildman–Crippen MR) is 270 cm³/mol. The van der Waals surface area contributed by atoms with E-state index in [0.29, 0.717) is 12.8 Å². The molecule has 14 N–H and O–H groups in total. The van der Waals surface area contributed by atoms with Crippen molar-refractivity contribution in [3.05, 3.63) is 46.0 Å². The molecule has 1 amide bonds. The maximum absolute atomic E-state index is 14.6. The van der Waals surface area contributed by atoms with Gasteiger partial charge in [-0.1, -0.05) is 18.3 Å². The molecule has 0 saturated carbocycles. The van der Waals surface area contributed by atoms with Crippen LogP contribution in [-0.2, 0) is 71.2 Å². The second kappa shape index (κ2) is 23.5. The summed E-state index contributed by atoms with van der Waals surface area (Å²) >= 11 is 0. The number of imidazole rings is 3. The van der Waals surface area contributed by atoms with Crippen LogP contribution >= 0.6 is 31.1 Å². The predicted octanol–water partition coefficient (Wildman–Crippen LogP) is -3.37. The summed E-state index contributed by atoms with van der Waals surface area (Å²) in [5.74, 6) is -2.53. The van der Waals surface area contributed by atoms with Gasteiger partial charge >= 0.3 is 29.1 Å². The molecule has 3 saturated heterocycles. The van der Waals surface area contributed by atoms with E-state index in [4.69, 9.17) is 49.7 Å². The van der Waals surface area contributed by atoms with Crippen molar-refractivity contribution < 1.29 is 104 Å². The highest BCUT2D eigenvalue weighted by atomic mass is 31.3. The average Bonchev–Trinajstić information content (AvgIpc) is 3.97. The van der Waals surface area contributed by atoms with Crippen LogP contribution in [0.1, 0.15) is 44.9 Å². The fourth-order valence-corrected chi connectivity index (χ4v) is 14.7. The number of aromatic nitrogens is 12. The monoisotopic (exact) mass is 1240 g/mol. The first-order valence-electron chi connectivity index (χ1n) is 24.4. The van der Waals surface area contributed by atoms with Gasteiger partial charge in [0.25, 0.3) is 17.1 Å². The lowest BCUT2D eigenvalue weighted by Gasteiger charge is -2.36. The number of carbonyl (C=O) groups excluding carboxylic acids is 1. The van der Waals surface area contributed by atoms with Crippen molar-refractivity contribution in [2.24, 2.45) is 13.0 Å². The van der Waals surface area contributed by atoms with Crippen LogP contribution in [0, 0.1) is 5.92 Å². The topological polar surface area (TPSA) is 556 Å². The number of anilines is 3. The van der Waals surface area contributed by atoms with Gasteiger partial charge in [-0.15, -0.1) is 0 Å². The van der Waals surface area contributed by atoms with Crippen molar-refractivity contribution in [3.63, 3.8) is 0 Å². The molecule has 450 valence electrons. The van der Waals surface area contributed by atoms with Gasteiger partial charge in [0.15, 0.2) is 41.4 Å². The van der Waals surface area contributed by atoms with E-state index in [1.165, 1.54) is 46.1 Å². The second-order valence-corrected chi connectivity index (χ2v) is 25.7. The van der Waals surface area contributed by atoms with E-state index < -0.39 is 147 Å². The summed E-state index contributed by atoms with van der Waals surface area (Å²) in [5, 5.41) is 33.6. The number of fused-ring (bicyclic) bond motifs is 3. The van der Waals surface area contributed by atoms with E-state index in [-0.39, 0.29) is 57.8 Å². The smallest absolute Gasteiger partial charge is 0.490 e. The van der Waals surface area contributed by atoms with Crippen LogP contribution in [0.3, 0.4) is 0 Å². The fourth-order valence-electron chi connectivity index (χ4n) is 9.49. The number of carbonyl (C=O) groups is 1. The first kappa shape index (κ1) is 61.0. The number of ether oxygens (including phenoxy) is 4. The molecule has 82 heavy (non-hydrogen) atoms. The number of hydrogen-bond donors (Lipinski definition) is 11. The Morgan fingerprint density at radius 2 is 1.39 bits per heavy atom. The Morgan fingerprint density at radius 3 is 2.06 bits per heavy atom. The van der Waals surface area contributed by atoms with Crippen LogP contribution in [0.15, 0.2) is 34.9 Å². The third-order valence-electron chi connectivity index (χ3n) is 13.3. The largest absolute Gasteiger partial charge is 0.778 e. The molecule has 3 aliphatic heterocycles. The van der Waals surface area contributed by atoms with Crippen molar-refractivity contribution in [1.29, 1.82) is 0 Å². The van der Waals surface area contributed by atoms with Crippen LogP contribution in [0.5, 0.6) is 0 Å². The Morgan fingerprint density at radius 1 is 0.780 bits per heavy atom. The molecule has 0 aliphatic carbocycles. The summed E-state index contributed by atoms with van der Waals surface area (Å²) in [6.07, 6.45) is -11.6. The van der Waals surface area contributed by atoms with E-state index in [1.807, 2.05) is 0 Å². The molecule has 9 rings (SSSR count). The second-order valence-electron chi connectivity index (χ2n) is 19.1. The Balaban J connectivity index is 0.919. The van der Waals surface area contributed by atoms with E-state index in [0.717, 1.165) is 23.5 Å². The molecule has 6 aromatic rings. The minimum atomic E-state index is -6.28. The quantitative estimate of drug-likeness (QED) is 0.0169. The number of unbranched alkanes of at least 4 members (excludes halogenated alkanes) is 1. The third kappa shape index (κ3) is 12.5. The van der Waals surface area contributed by atoms with Gasteiger partial charge in [-0.05, 0) is 6.42 Å². The van der Waals surface area contributed by atoms with Crippen LogP contribution in [0.25, 0.3) is 33.5 Å². The maximum Gasteiger partial charge on any atom is 0.490 e. The lowest BCUT2D eigenvalue weighted by molar-refractivity contribution is -0.745. The molecular weight excluding hydrogens is 1180 g/mol. The Kier molecular flexibility index (Phi) is 17.4. The van der Waals surface area contributed by atoms with E-state index >= 15 is 0 Å². The Hall–Kier alpha value is -5.60. The maximum atomic E-state index is 14.6. The van der Waals surface area contributed by atoms with E-state index in [9.17, 15) is 67.5 Å². The number of phosphoric acid groups is 3. The van der Waals surface area contributed by atoms with Gasteiger partial charge in [-0.3, -0.25) is 47.1 Å². The number of nitrogens with zero attached hydrogens (tertiary/aromatic N) is 11. The number of nitrogens with two attached hydrogens (primary N) is 3. The number of aryl methyl sites for hydroxylation is 1. The molecule has 16 atom stereocenters. The Bertz CT molecular complexity index is 3690. The van der Waals surface area contributed by atoms with Gasteiger partial charge in [-0.25, -0.2) is 38.2 Å². The summed E-state index contributed by atoms with van der Waals surface area (Å²) in [6.45, 7) is -1.78. The number of rotatable bonds is 23. The first-order valence-corrected chi connectivity index (χ1v) is 30.5. The number of nitrogen functional groups attached to an aromatic ring is 3.